The van der Waals surface area contributed by atoms with E-state index in [1.54, 1.807) is 20.2 Å². The molecule has 0 aliphatic carbocycles. The van der Waals surface area contributed by atoms with E-state index >= 15 is 0 Å². The van der Waals surface area contributed by atoms with E-state index in [1.165, 1.54) is 12.1 Å². The Hall–Kier alpha value is -1.03. The van der Waals surface area contributed by atoms with Crippen molar-refractivity contribution in [3.05, 3.63) is 35.4 Å². The van der Waals surface area contributed by atoms with Gasteiger partial charge in [0.15, 0.2) is 5.96 Å². The molecular formula is C16H25F3IN3O. The summed E-state index contributed by atoms with van der Waals surface area (Å²) in [5.74, 6) is 0.667. The lowest BCUT2D eigenvalue weighted by Crippen LogP contribution is -2.39. The number of nitrogens with one attached hydrogen (secondary N) is 2. The van der Waals surface area contributed by atoms with E-state index in [4.69, 9.17) is 4.74 Å². The molecule has 1 aromatic carbocycles. The molecule has 0 amide bonds. The third-order valence-electron chi connectivity index (χ3n) is 3.48. The van der Waals surface area contributed by atoms with Gasteiger partial charge < -0.3 is 15.4 Å². The highest BCUT2D eigenvalue weighted by Crippen LogP contribution is 2.31. The minimum atomic E-state index is -4.30. The highest BCUT2D eigenvalue weighted by atomic mass is 127. The van der Waals surface area contributed by atoms with Crippen LogP contribution in [0, 0.1) is 0 Å². The number of ether oxygens (including phenoxy) is 1. The highest BCUT2D eigenvalue weighted by Gasteiger charge is 2.30. The van der Waals surface area contributed by atoms with E-state index in [9.17, 15) is 13.2 Å². The molecule has 8 heteroatoms. The molecule has 2 N–H and O–H groups in total. The molecule has 0 bridgehead atoms. The Bertz CT molecular complexity index is 510. The first-order valence-corrected chi connectivity index (χ1v) is 7.49. The lowest BCUT2D eigenvalue weighted by atomic mass is 9.96. The highest BCUT2D eigenvalue weighted by molar-refractivity contribution is 14.0. The third kappa shape index (κ3) is 8.18. The number of hydrogen-bond acceptors (Lipinski definition) is 2. The van der Waals surface area contributed by atoms with Crippen molar-refractivity contribution in [2.45, 2.75) is 25.4 Å². The summed E-state index contributed by atoms with van der Waals surface area (Å²) in [4.78, 5) is 4.07. The van der Waals surface area contributed by atoms with Crippen molar-refractivity contribution in [2.75, 3.05) is 33.9 Å². The Labute approximate surface area is 158 Å². The largest absolute Gasteiger partial charge is 0.416 e. The molecule has 1 rings (SSSR count). The standard InChI is InChI=1S/C16H24F3N3O.HI/c1-12(7-8-21-15(20-2)22-9-10-23-3)13-5-4-6-14(11-13)16(17,18)19;/h4-6,11-12H,7-10H2,1-3H3,(H2,20,21,22);1H. The molecule has 0 saturated heterocycles. The number of benzene rings is 1. The van der Waals surface area contributed by atoms with E-state index in [2.05, 4.69) is 15.6 Å². The lowest BCUT2D eigenvalue weighted by molar-refractivity contribution is -0.137. The van der Waals surface area contributed by atoms with Gasteiger partial charge in [-0.1, -0.05) is 25.1 Å². The van der Waals surface area contributed by atoms with Crippen molar-refractivity contribution in [1.29, 1.82) is 0 Å². The van der Waals surface area contributed by atoms with Gasteiger partial charge in [-0.05, 0) is 24.0 Å². The number of methoxy groups -OCH3 is 1. The molecule has 4 nitrogen and oxygen atoms in total. The number of hydrogen-bond donors (Lipinski definition) is 2. The molecule has 138 valence electrons. The molecule has 0 radical (unpaired) electrons. The van der Waals surface area contributed by atoms with Crippen molar-refractivity contribution in [3.8, 4) is 0 Å². The Morgan fingerprint density at radius 2 is 1.92 bits per heavy atom. The van der Waals surface area contributed by atoms with Gasteiger partial charge in [-0.2, -0.15) is 13.2 Å². The average Bonchev–Trinajstić information content (AvgIpc) is 2.52. The zero-order valence-electron chi connectivity index (χ0n) is 14.1. The maximum Gasteiger partial charge on any atom is 0.416 e. The Kier molecular flexibility index (Phi) is 11.0. The maximum absolute atomic E-state index is 12.7. The van der Waals surface area contributed by atoms with Crippen molar-refractivity contribution in [2.24, 2.45) is 4.99 Å². The molecule has 0 heterocycles. The van der Waals surface area contributed by atoms with Crippen LogP contribution in [-0.4, -0.2) is 39.8 Å². The summed E-state index contributed by atoms with van der Waals surface area (Å²) in [7, 11) is 3.28. The minimum Gasteiger partial charge on any atom is -0.383 e. The smallest absolute Gasteiger partial charge is 0.383 e. The van der Waals surface area contributed by atoms with Crippen LogP contribution in [0.5, 0.6) is 0 Å². The fourth-order valence-electron chi connectivity index (χ4n) is 2.09. The first kappa shape index (κ1) is 23.0. The van der Waals surface area contributed by atoms with Crippen molar-refractivity contribution >= 4 is 29.9 Å². The van der Waals surface area contributed by atoms with E-state index in [0.717, 1.165) is 6.07 Å². The van der Waals surface area contributed by atoms with Gasteiger partial charge in [-0.3, -0.25) is 4.99 Å². The summed E-state index contributed by atoms with van der Waals surface area (Å²) in [6, 6.07) is 5.49. The molecule has 0 saturated carbocycles. The number of halogens is 4. The summed E-state index contributed by atoms with van der Waals surface area (Å²) in [5.41, 5.74) is 0.0794. The van der Waals surface area contributed by atoms with Crippen LogP contribution in [0.4, 0.5) is 13.2 Å². The topological polar surface area (TPSA) is 45.7 Å². The second-order valence-electron chi connectivity index (χ2n) is 5.23. The van der Waals surface area contributed by atoms with E-state index in [0.29, 0.717) is 37.6 Å². The summed E-state index contributed by atoms with van der Waals surface area (Å²) < 4.78 is 43.1. The van der Waals surface area contributed by atoms with Gasteiger partial charge in [0.1, 0.15) is 0 Å². The zero-order valence-corrected chi connectivity index (χ0v) is 16.4. The average molecular weight is 459 g/mol. The summed E-state index contributed by atoms with van der Waals surface area (Å²) >= 11 is 0. The van der Waals surface area contributed by atoms with E-state index in [-0.39, 0.29) is 29.9 Å². The van der Waals surface area contributed by atoms with Gasteiger partial charge >= 0.3 is 6.18 Å². The van der Waals surface area contributed by atoms with Gasteiger partial charge in [0.05, 0.1) is 12.2 Å². The summed E-state index contributed by atoms with van der Waals surface area (Å²) in [6.07, 6.45) is -3.60. The molecule has 0 aliphatic heterocycles. The molecule has 0 fully saturated rings. The normalized spacial score (nSPS) is 13.2. The van der Waals surface area contributed by atoms with Crippen molar-refractivity contribution in [1.82, 2.24) is 10.6 Å². The molecular weight excluding hydrogens is 434 g/mol. The van der Waals surface area contributed by atoms with Crippen LogP contribution in [0.1, 0.15) is 30.4 Å². The molecule has 1 atom stereocenters. The maximum atomic E-state index is 12.7. The number of nitrogens with zero attached hydrogens (tertiary/aromatic N) is 1. The van der Waals surface area contributed by atoms with Crippen LogP contribution in [0.3, 0.4) is 0 Å². The Balaban J connectivity index is 0.00000529. The first-order valence-electron chi connectivity index (χ1n) is 7.49. The predicted octanol–water partition coefficient (Wildman–Crippen LogP) is 3.63. The van der Waals surface area contributed by atoms with E-state index in [1.807, 2.05) is 6.92 Å². The van der Waals surface area contributed by atoms with E-state index < -0.39 is 11.7 Å². The summed E-state index contributed by atoms with van der Waals surface area (Å²) in [6.45, 7) is 3.74. The number of guanidine groups is 1. The monoisotopic (exact) mass is 459 g/mol. The quantitative estimate of drug-likeness (QED) is 0.284. The molecule has 0 aromatic heterocycles. The zero-order chi connectivity index (χ0) is 17.3. The molecule has 1 unspecified atom stereocenters. The summed E-state index contributed by atoms with van der Waals surface area (Å²) in [5, 5.41) is 6.21. The predicted molar refractivity (Wildman–Crippen MR) is 101 cm³/mol. The van der Waals surface area contributed by atoms with Crippen LogP contribution in [0.15, 0.2) is 29.3 Å². The SMILES string of the molecule is CN=C(NCCOC)NCCC(C)c1cccc(C(F)(F)F)c1.I. The molecule has 24 heavy (non-hydrogen) atoms. The van der Waals surface area contributed by atoms with Gasteiger partial charge in [-0.25, -0.2) is 0 Å². The molecule has 0 aliphatic rings. The van der Waals surface area contributed by atoms with Crippen LogP contribution in [0.25, 0.3) is 0 Å². The fourth-order valence-corrected chi connectivity index (χ4v) is 2.09. The van der Waals surface area contributed by atoms with Crippen molar-refractivity contribution < 1.29 is 17.9 Å². The van der Waals surface area contributed by atoms with Crippen LogP contribution < -0.4 is 10.6 Å². The third-order valence-corrected chi connectivity index (χ3v) is 3.48. The second-order valence-corrected chi connectivity index (χ2v) is 5.23. The minimum absolute atomic E-state index is 0. The van der Waals surface area contributed by atoms with Gasteiger partial charge in [0.2, 0.25) is 0 Å². The van der Waals surface area contributed by atoms with Crippen LogP contribution in [0.2, 0.25) is 0 Å². The number of alkyl halides is 3. The van der Waals surface area contributed by atoms with Crippen LogP contribution in [-0.2, 0) is 10.9 Å². The lowest BCUT2D eigenvalue weighted by Gasteiger charge is -2.16. The van der Waals surface area contributed by atoms with Crippen molar-refractivity contribution in [3.63, 3.8) is 0 Å². The van der Waals surface area contributed by atoms with Crippen LogP contribution >= 0.6 is 24.0 Å². The number of rotatable bonds is 7. The Morgan fingerprint density at radius 1 is 1.25 bits per heavy atom. The first-order chi connectivity index (χ1) is 10.9. The molecule has 0 spiro atoms. The Morgan fingerprint density at radius 3 is 2.50 bits per heavy atom. The number of aliphatic imine (C=N–C) groups is 1. The van der Waals surface area contributed by atoms with Gasteiger partial charge in [0.25, 0.3) is 0 Å². The second kappa shape index (κ2) is 11.5. The fraction of sp³-hybridized carbons (Fsp3) is 0.562. The van der Waals surface area contributed by atoms with Gasteiger partial charge in [-0.15, -0.1) is 24.0 Å². The van der Waals surface area contributed by atoms with Gasteiger partial charge in [0, 0.05) is 27.2 Å². The molecule has 1 aromatic rings.